The van der Waals surface area contributed by atoms with Crippen LogP contribution in [0.25, 0.3) is 0 Å². The SMILES string of the molecule is Cc1ccnc(Nc2cc(NCCNC(=O)Nc3ccc(Cl)cc3)ncn2)c1. The highest BCUT2D eigenvalue weighted by Crippen LogP contribution is 2.15. The van der Waals surface area contributed by atoms with E-state index in [-0.39, 0.29) is 6.03 Å². The second kappa shape index (κ2) is 9.52. The lowest BCUT2D eigenvalue weighted by Crippen LogP contribution is -2.32. The van der Waals surface area contributed by atoms with Gasteiger partial charge in [0, 0.05) is 36.1 Å². The number of anilines is 4. The predicted octanol–water partition coefficient (Wildman–Crippen LogP) is 3.81. The molecule has 0 atom stereocenters. The molecule has 4 N–H and O–H groups in total. The van der Waals surface area contributed by atoms with Gasteiger partial charge in [0.1, 0.15) is 23.8 Å². The molecule has 0 spiro atoms. The topological polar surface area (TPSA) is 104 Å². The van der Waals surface area contributed by atoms with Gasteiger partial charge in [-0.15, -0.1) is 0 Å². The molecule has 2 aromatic heterocycles. The molecule has 2 heterocycles. The standard InChI is InChI=1S/C19H20ClN7O/c1-13-6-7-21-17(10-13)27-18-11-16(24-12-25-18)22-8-9-23-19(28)26-15-4-2-14(20)3-5-15/h2-7,10-12H,8-9H2,1H3,(H2,23,26,28)(H2,21,22,24,25,27). The highest BCUT2D eigenvalue weighted by molar-refractivity contribution is 6.30. The zero-order valence-corrected chi connectivity index (χ0v) is 16.0. The lowest BCUT2D eigenvalue weighted by atomic mass is 10.3. The molecule has 3 aromatic rings. The summed E-state index contributed by atoms with van der Waals surface area (Å²) in [6, 6.07) is 12.2. The number of hydrogen-bond donors (Lipinski definition) is 4. The molecule has 0 aliphatic rings. The molecule has 3 rings (SSSR count). The molecule has 144 valence electrons. The van der Waals surface area contributed by atoms with Crippen molar-refractivity contribution >= 4 is 40.8 Å². The number of carbonyl (C=O) groups excluding carboxylic acids is 1. The van der Waals surface area contributed by atoms with Crippen LogP contribution in [0.2, 0.25) is 5.02 Å². The summed E-state index contributed by atoms with van der Waals surface area (Å²) in [6.45, 7) is 2.93. The van der Waals surface area contributed by atoms with Crippen LogP contribution in [-0.4, -0.2) is 34.1 Å². The molecule has 9 heteroatoms. The minimum absolute atomic E-state index is 0.292. The maximum Gasteiger partial charge on any atom is 0.319 e. The molecule has 0 radical (unpaired) electrons. The van der Waals surface area contributed by atoms with Gasteiger partial charge in [-0.2, -0.15) is 0 Å². The van der Waals surface area contributed by atoms with Gasteiger partial charge in [0.05, 0.1) is 0 Å². The van der Waals surface area contributed by atoms with Gasteiger partial charge in [0.25, 0.3) is 0 Å². The fourth-order valence-corrected chi connectivity index (χ4v) is 2.46. The first-order chi connectivity index (χ1) is 13.6. The Kier molecular flexibility index (Phi) is 6.59. The molecule has 0 aliphatic carbocycles. The summed E-state index contributed by atoms with van der Waals surface area (Å²) in [5.74, 6) is 1.99. The maximum absolute atomic E-state index is 11.9. The van der Waals surface area contributed by atoms with Crippen LogP contribution in [0.4, 0.5) is 27.9 Å². The van der Waals surface area contributed by atoms with E-state index in [1.165, 1.54) is 6.33 Å². The Bertz CT molecular complexity index is 934. The average molecular weight is 398 g/mol. The quantitative estimate of drug-likeness (QED) is 0.452. The van der Waals surface area contributed by atoms with E-state index in [9.17, 15) is 4.79 Å². The Morgan fingerprint density at radius 3 is 2.50 bits per heavy atom. The Labute approximate surface area is 167 Å². The van der Waals surface area contributed by atoms with Crippen molar-refractivity contribution in [1.29, 1.82) is 0 Å². The van der Waals surface area contributed by atoms with Gasteiger partial charge in [-0.1, -0.05) is 11.6 Å². The molecule has 0 fully saturated rings. The van der Waals surface area contributed by atoms with Crippen LogP contribution in [0.15, 0.2) is 55.0 Å². The van der Waals surface area contributed by atoms with E-state index in [1.54, 1.807) is 36.5 Å². The van der Waals surface area contributed by atoms with E-state index in [2.05, 4.69) is 36.2 Å². The fraction of sp³-hybridized carbons (Fsp3) is 0.158. The number of hydrogen-bond acceptors (Lipinski definition) is 6. The van der Waals surface area contributed by atoms with Gasteiger partial charge in [-0.3, -0.25) is 0 Å². The summed E-state index contributed by atoms with van der Waals surface area (Å²) in [6.07, 6.45) is 3.19. The second-order valence-corrected chi connectivity index (χ2v) is 6.38. The van der Waals surface area contributed by atoms with Crippen LogP contribution < -0.4 is 21.3 Å². The van der Waals surface area contributed by atoms with E-state index in [0.29, 0.717) is 41.3 Å². The highest BCUT2D eigenvalue weighted by Gasteiger charge is 2.03. The van der Waals surface area contributed by atoms with Gasteiger partial charge in [-0.25, -0.2) is 19.7 Å². The van der Waals surface area contributed by atoms with Gasteiger partial charge >= 0.3 is 6.03 Å². The third-order valence-electron chi connectivity index (χ3n) is 3.66. The summed E-state index contributed by atoms with van der Waals surface area (Å²) < 4.78 is 0. The molecule has 2 amide bonds. The van der Waals surface area contributed by atoms with Gasteiger partial charge in [0.15, 0.2) is 0 Å². The molecule has 0 aliphatic heterocycles. The molecule has 0 saturated carbocycles. The first-order valence-corrected chi connectivity index (χ1v) is 9.02. The number of carbonyl (C=O) groups is 1. The van der Waals surface area contributed by atoms with E-state index >= 15 is 0 Å². The number of aryl methyl sites for hydroxylation is 1. The van der Waals surface area contributed by atoms with E-state index < -0.39 is 0 Å². The second-order valence-electron chi connectivity index (χ2n) is 5.95. The van der Waals surface area contributed by atoms with Crippen LogP contribution in [0.5, 0.6) is 0 Å². The van der Waals surface area contributed by atoms with E-state index in [1.807, 2.05) is 19.1 Å². The monoisotopic (exact) mass is 397 g/mol. The number of halogens is 1. The number of nitrogens with zero attached hydrogens (tertiary/aromatic N) is 3. The summed E-state index contributed by atoms with van der Waals surface area (Å²) in [4.78, 5) is 24.5. The van der Waals surface area contributed by atoms with Crippen LogP contribution in [0.3, 0.4) is 0 Å². The first-order valence-electron chi connectivity index (χ1n) is 8.64. The van der Waals surface area contributed by atoms with Crippen LogP contribution in [0, 0.1) is 6.92 Å². The molecule has 0 unspecified atom stereocenters. The maximum atomic E-state index is 11.9. The van der Waals surface area contributed by atoms with Crippen molar-refractivity contribution in [2.24, 2.45) is 0 Å². The van der Waals surface area contributed by atoms with Crippen molar-refractivity contribution in [3.8, 4) is 0 Å². The van der Waals surface area contributed by atoms with Crippen LogP contribution in [-0.2, 0) is 0 Å². The van der Waals surface area contributed by atoms with Crippen molar-refractivity contribution in [3.63, 3.8) is 0 Å². The average Bonchev–Trinajstić information content (AvgIpc) is 2.67. The number of urea groups is 1. The normalized spacial score (nSPS) is 10.2. The predicted molar refractivity (Wildman–Crippen MR) is 111 cm³/mol. The van der Waals surface area contributed by atoms with Gasteiger partial charge in [0.2, 0.25) is 0 Å². The van der Waals surface area contributed by atoms with Crippen LogP contribution in [0.1, 0.15) is 5.56 Å². The minimum atomic E-state index is -0.292. The summed E-state index contributed by atoms with van der Waals surface area (Å²) in [7, 11) is 0. The number of amides is 2. The summed E-state index contributed by atoms with van der Waals surface area (Å²) >= 11 is 5.82. The van der Waals surface area contributed by atoms with Crippen molar-refractivity contribution in [2.75, 3.05) is 29.0 Å². The summed E-state index contributed by atoms with van der Waals surface area (Å²) in [5.41, 5.74) is 1.78. The molecule has 1 aromatic carbocycles. The molecular weight excluding hydrogens is 378 g/mol. The number of benzene rings is 1. The lowest BCUT2D eigenvalue weighted by molar-refractivity contribution is 0.252. The molecule has 0 saturated heterocycles. The van der Waals surface area contributed by atoms with Crippen LogP contribution >= 0.6 is 11.6 Å². The first kappa shape index (κ1) is 19.4. The fourth-order valence-electron chi connectivity index (χ4n) is 2.33. The van der Waals surface area contributed by atoms with Gasteiger partial charge in [-0.05, 0) is 48.9 Å². The lowest BCUT2D eigenvalue weighted by Gasteiger charge is -2.10. The smallest absolute Gasteiger partial charge is 0.319 e. The van der Waals surface area contributed by atoms with Crippen molar-refractivity contribution in [3.05, 3.63) is 65.6 Å². The molecular formula is C19H20ClN7O. The highest BCUT2D eigenvalue weighted by atomic mass is 35.5. The zero-order chi connectivity index (χ0) is 19.8. The number of pyridine rings is 1. The van der Waals surface area contributed by atoms with Crippen molar-refractivity contribution in [2.45, 2.75) is 6.92 Å². The number of nitrogens with one attached hydrogen (secondary N) is 4. The Morgan fingerprint density at radius 2 is 1.71 bits per heavy atom. The summed E-state index contributed by atoms with van der Waals surface area (Å²) in [5, 5.41) is 12.4. The largest absolute Gasteiger partial charge is 0.368 e. The van der Waals surface area contributed by atoms with Crippen molar-refractivity contribution in [1.82, 2.24) is 20.3 Å². The third kappa shape index (κ3) is 6.10. The van der Waals surface area contributed by atoms with Gasteiger partial charge < -0.3 is 21.3 Å². The van der Waals surface area contributed by atoms with E-state index in [4.69, 9.17) is 11.6 Å². The number of rotatable bonds is 7. The molecule has 28 heavy (non-hydrogen) atoms. The third-order valence-corrected chi connectivity index (χ3v) is 3.91. The van der Waals surface area contributed by atoms with Crippen molar-refractivity contribution < 1.29 is 4.79 Å². The Hall–Kier alpha value is -3.39. The molecule has 0 bridgehead atoms. The Balaban J connectivity index is 1.43. The Morgan fingerprint density at radius 1 is 0.964 bits per heavy atom. The molecule has 8 nitrogen and oxygen atoms in total. The number of aromatic nitrogens is 3. The van der Waals surface area contributed by atoms with E-state index in [0.717, 1.165) is 5.56 Å². The minimum Gasteiger partial charge on any atom is -0.368 e. The zero-order valence-electron chi connectivity index (χ0n) is 15.2.